The maximum Gasteiger partial charge on any atom is 0.262 e. The van der Waals surface area contributed by atoms with Gasteiger partial charge in [0.2, 0.25) is 0 Å². The van der Waals surface area contributed by atoms with Crippen LogP contribution in [-0.4, -0.2) is 57.1 Å². The summed E-state index contributed by atoms with van der Waals surface area (Å²) in [6, 6.07) is 24.5. The lowest BCUT2D eigenvalue weighted by Crippen LogP contribution is -2.29. The number of rotatable bonds is 15. The lowest BCUT2D eigenvalue weighted by atomic mass is 9.93. The monoisotopic (exact) mass is 551 g/mol. The number of allylic oxidation sites excluding steroid dienone is 1. The third kappa shape index (κ3) is 7.80. The Labute approximate surface area is 239 Å². The van der Waals surface area contributed by atoms with Crippen molar-refractivity contribution in [3.8, 4) is 29.2 Å². The van der Waals surface area contributed by atoms with Crippen molar-refractivity contribution < 1.29 is 23.7 Å². The molecule has 210 valence electrons. The fourth-order valence-electron chi connectivity index (χ4n) is 4.46. The Morgan fingerprint density at radius 3 is 2.22 bits per heavy atom. The molecule has 0 atom stereocenters. The van der Waals surface area contributed by atoms with E-state index in [9.17, 15) is 9.59 Å². The van der Waals surface area contributed by atoms with Crippen molar-refractivity contribution in [3.05, 3.63) is 106 Å². The highest BCUT2D eigenvalue weighted by Gasteiger charge is 2.22. The molecule has 0 N–H and O–H groups in total. The predicted octanol–water partition coefficient (Wildman–Crippen LogP) is 5.26. The van der Waals surface area contributed by atoms with E-state index in [1.807, 2.05) is 78.9 Å². The SMILES string of the molecule is C#CCOCCOCCOCCn1c(=O)c(C(=O)/C=C/c2ccc(OC)cc2)c(-c2ccccc2)c2ccccc21. The molecule has 1 aromatic heterocycles. The van der Waals surface area contributed by atoms with Crippen LogP contribution in [0.1, 0.15) is 15.9 Å². The molecule has 7 heteroatoms. The Morgan fingerprint density at radius 2 is 1.51 bits per heavy atom. The Kier molecular flexibility index (Phi) is 11.0. The van der Waals surface area contributed by atoms with E-state index in [4.69, 9.17) is 25.4 Å². The first-order chi connectivity index (χ1) is 20.1. The average Bonchev–Trinajstić information content (AvgIpc) is 3.02. The molecule has 7 nitrogen and oxygen atoms in total. The van der Waals surface area contributed by atoms with Crippen LogP contribution in [-0.2, 0) is 20.8 Å². The molecule has 41 heavy (non-hydrogen) atoms. The lowest BCUT2D eigenvalue weighted by Gasteiger charge is -2.17. The Bertz CT molecular complexity index is 1570. The Morgan fingerprint density at radius 1 is 0.854 bits per heavy atom. The van der Waals surface area contributed by atoms with Gasteiger partial charge in [0.15, 0.2) is 5.78 Å². The Balaban J connectivity index is 1.61. The van der Waals surface area contributed by atoms with Crippen LogP contribution in [0.4, 0.5) is 0 Å². The number of aromatic nitrogens is 1. The van der Waals surface area contributed by atoms with Crippen LogP contribution in [0.25, 0.3) is 28.1 Å². The van der Waals surface area contributed by atoms with Gasteiger partial charge < -0.3 is 23.5 Å². The van der Waals surface area contributed by atoms with E-state index < -0.39 is 0 Å². The molecule has 4 aromatic rings. The summed E-state index contributed by atoms with van der Waals surface area (Å²) in [5.74, 6) is 2.75. The summed E-state index contributed by atoms with van der Waals surface area (Å²) in [5, 5.41) is 0.815. The highest BCUT2D eigenvalue weighted by Crippen LogP contribution is 2.31. The molecule has 0 saturated heterocycles. The van der Waals surface area contributed by atoms with Gasteiger partial charge in [-0.1, -0.05) is 72.7 Å². The molecule has 0 saturated carbocycles. The van der Waals surface area contributed by atoms with Crippen molar-refractivity contribution >= 4 is 22.8 Å². The molecule has 0 radical (unpaired) electrons. The molecule has 3 aromatic carbocycles. The highest BCUT2D eigenvalue weighted by molar-refractivity contribution is 6.15. The standard InChI is InChI=1S/C34H33NO6/c1-3-20-39-22-24-41-25-23-40-21-19-35-30-12-8-7-11-29(30)32(27-9-5-4-6-10-27)33(34(35)37)31(36)18-15-26-13-16-28(38-2)17-14-26/h1,4-18H,19-25H2,2H3/b18-15+. The van der Waals surface area contributed by atoms with Crippen molar-refractivity contribution in [1.82, 2.24) is 4.57 Å². The number of ketones is 1. The minimum atomic E-state index is -0.370. The van der Waals surface area contributed by atoms with E-state index in [1.165, 1.54) is 6.08 Å². The second-order valence-electron chi connectivity index (χ2n) is 9.04. The number of nitrogens with zero attached hydrogens (tertiary/aromatic N) is 1. The quantitative estimate of drug-likeness (QED) is 0.0869. The minimum Gasteiger partial charge on any atom is -0.497 e. The average molecular weight is 552 g/mol. The van der Waals surface area contributed by atoms with Crippen LogP contribution < -0.4 is 10.3 Å². The number of hydrogen-bond acceptors (Lipinski definition) is 6. The largest absolute Gasteiger partial charge is 0.497 e. The van der Waals surface area contributed by atoms with Gasteiger partial charge in [-0.05, 0) is 35.4 Å². The summed E-state index contributed by atoms with van der Waals surface area (Å²) in [7, 11) is 1.60. The number of pyridine rings is 1. The fraction of sp³-hybridized carbons (Fsp3) is 0.235. The van der Waals surface area contributed by atoms with Gasteiger partial charge in [-0.2, -0.15) is 0 Å². The second kappa shape index (κ2) is 15.3. The zero-order chi connectivity index (χ0) is 28.9. The van der Waals surface area contributed by atoms with Crippen LogP contribution in [0.15, 0.2) is 89.7 Å². The maximum atomic E-state index is 14.0. The first-order valence-corrected chi connectivity index (χ1v) is 13.4. The zero-order valence-electron chi connectivity index (χ0n) is 23.1. The molecule has 0 aliphatic rings. The van der Waals surface area contributed by atoms with Crippen LogP contribution in [0.2, 0.25) is 0 Å². The summed E-state index contributed by atoms with van der Waals surface area (Å²) < 4.78 is 23.2. The van der Waals surface area contributed by atoms with E-state index in [2.05, 4.69) is 5.92 Å². The molecule has 1 heterocycles. The number of carbonyl (C=O) groups excluding carboxylic acids is 1. The number of terminal acetylenes is 1. The van der Waals surface area contributed by atoms with Crippen molar-refractivity contribution in [2.75, 3.05) is 46.8 Å². The zero-order valence-corrected chi connectivity index (χ0v) is 23.1. The fourth-order valence-corrected chi connectivity index (χ4v) is 4.46. The van der Waals surface area contributed by atoms with Crippen LogP contribution in [0.3, 0.4) is 0 Å². The van der Waals surface area contributed by atoms with Gasteiger partial charge in [0, 0.05) is 17.5 Å². The number of ether oxygens (including phenoxy) is 4. The first-order valence-electron chi connectivity index (χ1n) is 13.4. The third-order valence-electron chi connectivity index (χ3n) is 6.41. The summed E-state index contributed by atoms with van der Waals surface area (Å²) in [5.41, 5.74) is 2.73. The van der Waals surface area contributed by atoms with Gasteiger partial charge in [-0.25, -0.2) is 0 Å². The lowest BCUT2D eigenvalue weighted by molar-refractivity contribution is 0.0187. The smallest absolute Gasteiger partial charge is 0.262 e. The number of fused-ring (bicyclic) bond motifs is 1. The van der Waals surface area contributed by atoms with E-state index in [0.29, 0.717) is 32.0 Å². The van der Waals surface area contributed by atoms with E-state index >= 15 is 0 Å². The molecule has 0 fully saturated rings. The van der Waals surface area contributed by atoms with Crippen molar-refractivity contribution in [2.24, 2.45) is 0 Å². The number of methoxy groups -OCH3 is 1. The minimum absolute atomic E-state index is 0.120. The van der Waals surface area contributed by atoms with Crippen molar-refractivity contribution in [1.29, 1.82) is 0 Å². The summed E-state index contributed by atoms with van der Waals surface area (Å²) >= 11 is 0. The maximum absolute atomic E-state index is 14.0. The van der Waals surface area contributed by atoms with Crippen molar-refractivity contribution in [2.45, 2.75) is 6.54 Å². The van der Waals surface area contributed by atoms with Crippen LogP contribution >= 0.6 is 0 Å². The molecule has 0 aliphatic carbocycles. The number of para-hydroxylation sites is 1. The number of benzene rings is 3. The molecule has 0 spiro atoms. The third-order valence-corrected chi connectivity index (χ3v) is 6.41. The normalized spacial score (nSPS) is 11.1. The molecule has 0 aliphatic heterocycles. The molecule has 0 bridgehead atoms. The van der Waals surface area contributed by atoms with E-state index in [1.54, 1.807) is 17.8 Å². The summed E-state index contributed by atoms with van der Waals surface area (Å²) in [4.78, 5) is 27.7. The molecule has 0 amide bonds. The van der Waals surface area contributed by atoms with Crippen LogP contribution in [0.5, 0.6) is 5.75 Å². The summed E-state index contributed by atoms with van der Waals surface area (Å²) in [6.07, 6.45) is 8.30. The molecular formula is C34H33NO6. The van der Waals surface area contributed by atoms with E-state index in [0.717, 1.165) is 27.8 Å². The number of carbonyl (C=O) groups is 1. The Hall–Kier alpha value is -4.48. The first kappa shape index (κ1) is 29.5. The van der Waals surface area contributed by atoms with Gasteiger partial charge in [-0.3, -0.25) is 9.59 Å². The number of hydrogen-bond donors (Lipinski definition) is 0. The second-order valence-corrected chi connectivity index (χ2v) is 9.04. The molecular weight excluding hydrogens is 518 g/mol. The van der Waals surface area contributed by atoms with Gasteiger partial charge in [0.05, 0.1) is 51.2 Å². The van der Waals surface area contributed by atoms with Crippen molar-refractivity contribution in [3.63, 3.8) is 0 Å². The van der Waals surface area contributed by atoms with Crippen LogP contribution in [0, 0.1) is 12.3 Å². The molecule has 0 unspecified atom stereocenters. The topological polar surface area (TPSA) is 76.0 Å². The predicted molar refractivity (Wildman–Crippen MR) is 161 cm³/mol. The van der Waals surface area contributed by atoms with Gasteiger partial charge >= 0.3 is 0 Å². The van der Waals surface area contributed by atoms with Gasteiger partial charge in [0.25, 0.3) is 5.56 Å². The molecule has 4 rings (SSSR count). The van der Waals surface area contributed by atoms with E-state index in [-0.39, 0.29) is 36.7 Å². The van der Waals surface area contributed by atoms with Gasteiger partial charge in [-0.15, -0.1) is 6.42 Å². The summed E-state index contributed by atoms with van der Waals surface area (Å²) in [6.45, 7) is 2.41. The van der Waals surface area contributed by atoms with Gasteiger partial charge in [0.1, 0.15) is 12.4 Å². The highest BCUT2D eigenvalue weighted by atomic mass is 16.5.